The maximum Gasteiger partial charge on any atom is 0.0749 e. The van der Waals surface area contributed by atoms with Crippen LogP contribution in [-0.4, -0.2) is 4.98 Å². The van der Waals surface area contributed by atoms with Gasteiger partial charge in [-0.05, 0) is 67.4 Å². The minimum atomic E-state index is -0.134. The zero-order chi connectivity index (χ0) is 23.2. The lowest BCUT2D eigenvalue weighted by atomic mass is 9.78. The van der Waals surface area contributed by atoms with Crippen LogP contribution < -0.4 is 0 Å². The van der Waals surface area contributed by atoms with Crippen molar-refractivity contribution in [2.75, 3.05) is 0 Å². The summed E-state index contributed by atoms with van der Waals surface area (Å²) < 4.78 is 0. The zero-order valence-corrected chi connectivity index (χ0v) is 20.1. The van der Waals surface area contributed by atoms with Crippen LogP contribution in [0.25, 0.3) is 44.3 Å². The molecule has 0 unspecified atom stereocenters. The molecule has 0 bridgehead atoms. The van der Waals surface area contributed by atoms with Crippen LogP contribution in [0, 0.1) is 0 Å². The molecule has 0 N–H and O–H groups in total. The Kier molecular flexibility index (Phi) is 3.74. The third-order valence-corrected chi connectivity index (χ3v) is 8.28. The second kappa shape index (κ2) is 6.45. The van der Waals surface area contributed by atoms with E-state index >= 15 is 0 Å². The first-order chi connectivity index (χ1) is 16.4. The van der Waals surface area contributed by atoms with Gasteiger partial charge in [-0.25, -0.2) is 0 Å². The predicted molar refractivity (Wildman–Crippen MR) is 142 cm³/mol. The molecule has 0 spiro atoms. The first-order valence-corrected chi connectivity index (χ1v) is 12.2. The number of aromatic nitrogens is 1. The van der Waals surface area contributed by atoms with E-state index < -0.39 is 0 Å². The largest absolute Gasteiger partial charge is 0.256 e. The molecule has 34 heavy (non-hydrogen) atoms. The highest BCUT2D eigenvalue weighted by Crippen LogP contribution is 2.55. The van der Waals surface area contributed by atoms with Crippen LogP contribution in [0.3, 0.4) is 0 Å². The van der Waals surface area contributed by atoms with Crippen molar-refractivity contribution in [2.45, 2.75) is 38.5 Å². The Balaban J connectivity index is 1.48. The lowest BCUT2D eigenvalue weighted by Gasteiger charge is -2.25. The molecule has 0 radical (unpaired) electrons. The highest BCUT2D eigenvalue weighted by Gasteiger charge is 2.40. The Bertz CT molecular complexity index is 1650. The van der Waals surface area contributed by atoms with Crippen LogP contribution in [0.5, 0.6) is 0 Å². The predicted octanol–water partition coefficient (Wildman–Crippen LogP) is 8.51. The molecule has 0 saturated carbocycles. The van der Waals surface area contributed by atoms with Crippen LogP contribution >= 0.6 is 0 Å². The quantitative estimate of drug-likeness (QED) is 0.256. The van der Waals surface area contributed by atoms with E-state index in [0.717, 1.165) is 5.69 Å². The van der Waals surface area contributed by atoms with E-state index in [1.54, 1.807) is 0 Å². The summed E-state index contributed by atoms with van der Waals surface area (Å²) in [6, 6.07) is 31.4. The number of pyridine rings is 1. The van der Waals surface area contributed by atoms with Crippen molar-refractivity contribution in [2.24, 2.45) is 0 Å². The number of rotatable bonds is 1. The van der Waals surface area contributed by atoms with Crippen LogP contribution in [0.15, 0.2) is 91.1 Å². The average molecular weight is 438 g/mol. The van der Waals surface area contributed by atoms with Crippen molar-refractivity contribution in [3.8, 4) is 33.5 Å². The molecule has 1 aromatic heterocycles. The average Bonchev–Trinajstić information content (AvgIpc) is 3.24. The van der Waals surface area contributed by atoms with Crippen molar-refractivity contribution in [3.05, 3.63) is 113 Å². The van der Waals surface area contributed by atoms with E-state index in [2.05, 4.69) is 113 Å². The number of nitrogens with zero attached hydrogens (tertiary/aromatic N) is 1. The lowest BCUT2D eigenvalue weighted by molar-refractivity contribution is 0.660. The van der Waals surface area contributed by atoms with Gasteiger partial charge in [-0.3, -0.25) is 4.98 Å². The van der Waals surface area contributed by atoms with Gasteiger partial charge >= 0.3 is 0 Å². The van der Waals surface area contributed by atoms with E-state index in [0.29, 0.717) is 0 Å². The SMILES string of the molecule is CC1(C)c2ccccc2-c2cc(-c3nccc4c3C(C)(C)c3c-4ccc4ccccc34)ccc21. The second-order valence-corrected chi connectivity index (χ2v) is 10.8. The summed E-state index contributed by atoms with van der Waals surface area (Å²) in [4.78, 5) is 5.00. The van der Waals surface area contributed by atoms with Crippen molar-refractivity contribution < 1.29 is 0 Å². The summed E-state index contributed by atoms with van der Waals surface area (Å²) in [6.45, 7) is 9.39. The summed E-state index contributed by atoms with van der Waals surface area (Å²) in [5.41, 5.74) is 13.1. The zero-order valence-electron chi connectivity index (χ0n) is 20.1. The van der Waals surface area contributed by atoms with Crippen LogP contribution in [0.4, 0.5) is 0 Å². The van der Waals surface area contributed by atoms with Gasteiger partial charge in [-0.15, -0.1) is 0 Å². The van der Waals surface area contributed by atoms with Gasteiger partial charge in [0, 0.05) is 22.6 Å². The fourth-order valence-corrected chi connectivity index (χ4v) is 6.70. The molecule has 2 aliphatic carbocycles. The number of fused-ring (bicyclic) bond motifs is 8. The Morgan fingerprint density at radius 1 is 0.559 bits per heavy atom. The number of benzene rings is 4. The first kappa shape index (κ1) is 19.7. The molecule has 0 amide bonds. The van der Waals surface area contributed by atoms with E-state index in [1.165, 1.54) is 60.8 Å². The van der Waals surface area contributed by atoms with E-state index in [4.69, 9.17) is 4.98 Å². The van der Waals surface area contributed by atoms with Crippen molar-refractivity contribution in [3.63, 3.8) is 0 Å². The first-order valence-electron chi connectivity index (χ1n) is 12.2. The van der Waals surface area contributed by atoms with Gasteiger partial charge in [0.05, 0.1) is 5.69 Å². The molecule has 0 saturated heterocycles. The van der Waals surface area contributed by atoms with Gasteiger partial charge in [0.2, 0.25) is 0 Å². The van der Waals surface area contributed by atoms with E-state index in [1.807, 2.05) is 6.20 Å². The highest BCUT2D eigenvalue weighted by molar-refractivity contribution is 5.99. The van der Waals surface area contributed by atoms with Gasteiger partial charge < -0.3 is 0 Å². The maximum absolute atomic E-state index is 5.00. The number of hydrogen-bond acceptors (Lipinski definition) is 1. The fourth-order valence-electron chi connectivity index (χ4n) is 6.70. The van der Waals surface area contributed by atoms with Crippen molar-refractivity contribution in [1.29, 1.82) is 0 Å². The number of hydrogen-bond donors (Lipinski definition) is 0. The monoisotopic (exact) mass is 437 g/mol. The van der Waals surface area contributed by atoms with Gasteiger partial charge in [-0.1, -0.05) is 100 Å². The van der Waals surface area contributed by atoms with E-state index in [-0.39, 0.29) is 10.8 Å². The Morgan fingerprint density at radius 2 is 1.29 bits per heavy atom. The molecule has 4 aromatic carbocycles. The topological polar surface area (TPSA) is 12.9 Å². The minimum Gasteiger partial charge on any atom is -0.256 e. The molecule has 2 aliphatic rings. The normalized spacial score (nSPS) is 16.1. The summed E-state index contributed by atoms with van der Waals surface area (Å²) in [5.74, 6) is 0. The Hall–Kier alpha value is -3.71. The standard InChI is InChI=1S/C33H27N/c1-32(2)27-12-8-7-11-23(27)26-19-21(14-16-28(26)32)31-30-25(17-18-34-31)24-15-13-20-9-5-6-10-22(20)29(24)33(30,3)4/h5-19H,1-4H3. The molecular weight excluding hydrogens is 410 g/mol. The molecule has 0 atom stereocenters. The molecule has 7 rings (SSSR count). The summed E-state index contributed by atoms with van der Waals surface area (Å²) in [5, 5.41) is 2.64. The molecule has 1 nitrogen and oxygen atoms in total. The third-order valence-electron chi connectivity index (χ3n) is 8.28. The highest BCUT2D eigenvalue weighted by atomic mass is 14.7. The third kappa shape index (κ3) is 2.37. The van der Waals surface area contributed by atoms with Gasteiger partial charge in [0.15, 0.2) is 0 Å². The fraction of sp³-hybridized carbons (Fsp3) is 0.182. The van der Waals surface area contributed by atoms with E-state index in [9.17, 15) is 0 Å². The van der Waals surface area contributed by atoms with Crippen LogP contribution in [-0.2, 0) is 10.8 Å². The summed E-state index contributed by atoms with van der Waals surface area (Å²) >= 11 is 0. The Morgan fingerprint density at radius 3 is 2.18 bits per heavy atom. The molecule has 164 valence electrons. The van der Waals surface area contributed by atoms with Gasteiger partial charge in [0.25, 0.3) is 0 Å². The smallest absolute Gasteiger partial charge is 0.0749 e. The Labute approximate surface area is 201 Å². The second-order valence-electron chi connectivity index (χ2n) is 10.8. The van der Waals surface area contributed by atoms with Gasteiger partial charge in [-0.2, -0.15) is 0 Å². The van der Waals surface area contributed by atoms with Crippen LogP contribution in [0.1, 0.15) is 49.9 Å². The lowest BCUT2D eigenvalue weighted by Crippen LogP contribution is -2.17. The maximum atomic E-state index is 5.00. The molecule has 1 heteroatoms. The summed E-state index contributed by atoms with van der Waals surface area (Å²) in [7, 11) is 0. The molecule has 0 aliphatic heterocycles. The molecule has 5 aromatic rings. The molecule has 1 heterocycles. The molecule has 0 fully saturated rings. The molecular formula is C33H27N. The van der Waals surface area contributed by atoms with Crippen molar-refractivity contribution >= 4 is 10.8 Å². The van der Waals surface area contributed by atoms with Crippen molar-refractivity contribution in [1.82, 2.24) is 4.98 Å². The minimum absolute atomic E-state index is 0.0188. The van der Waals surface area contributed by atoms with Crippen LogP contribution in [0.2, 0.25) is 0 Å². The summed E-state index contributed by atoms with van der Waals surface area (Å²) in [6.07, 6.45) is 1.99. The van der Waals surface area contributed by atoms with Gasteiger partial charge in [0.1, 0.15) is 0 Å².